The minimum absolute atomic E-state index is 0.138. The maximum atomic E-state index is 12.0. The van der Waals surface area contributed by atoms with E-state index in [0.29, 0.717) is 11.3 Å². The monoisotopic (exact) mass is 283 g/mol. The number of phenolic OH excluding ortho intramolecular Hbond substituents is 2. The number of benzene rings is 2. The van der Waals surface area contributed by atoms with Crippen molar-refractivity contribution in [2.75, 3.05) is 11.9 Å². The molecule has 1 amide bonds. The highest BCUT2D eigenvalue weighted by molar-refractivity contribution is 6.04. The van der Waals surface area contributed by atoms with E-state index >= 15 is 0 Å². The molecule has 2 aromatic carbocycles. The summed E-state index contributed by atoms with van der Waals surface area (Å²) >= 11 is 0. The Hall–Kier alpha value is -2.97. The molecule has 21 heavy (non-hydrogen) atoms. The van der Waals surface area contributed by atoms with Crippen molar-refractivity contribution in [1.29, 1.82) is 0 Å². The third-order valence-electron chi connectivity index (χ3n) is 2.60. The number of amides is 1. The van der Waals surface area contributed by atoms with Crippen LogP contribution in [0.3, 0.4) is 0 Å². The third-order valence-corrected chi connectivity index (χ3v) is 2.60. The largest absolute Gasteiger partial charge is 0.508 e. The number of carbonyl (C=O) groups is 1. The number of hydrogen-bond donors (Lipinski definition) is 4. The third kappa shape index (κ3) is 4.00. The molecule has 0 fully saturated rings. The smallest absolute Gasteiger partial charge is 0.255 e. The van der Waals surface area contributed by atoms with E-state index in [9.17, 15) is 15.0 Å². The summed E-state index contributed by atoms with van der Waals surface area (Å²) in [6, 6.07) is 10.5. The lowest BCUT2D eigenvalue weighted by molar-refractivity contribution is 0.102. The van der Waals surface area contributed by atoms with Crippen molar-refractivity contribution in [2.24, 2.45) is 0 Å². The van der Waals surface area contributed by atoms with Crippen LogP contribution in [0, 0.1) is 11.8 Å². The van der Waals surface area contributed by atoms with E-state index in [-0.39, 0.29) is 23.7 Å². The van der Waals surface area contributed by atoms with E-state index in [0.717, 1.165) is 6.07 Å². The predicted molar refractivity (Wildman–Crippen MR) is 78.1 cm³/mol. The SMILES string of the molecule is O=C(Nc1cccc(C#CCO)c1)c1cc(O)cc(O)c1. The molecule has 0 aliphatic rings. The van der Waals surface area contributed by atoms with Crippen LogP contribution in [0.2, 0.25) is 0 Å². The molecule has 0 aliphatic carbocycles. The lowest BCUT2D eigenvalue weighted by Crippen LogP contribution is -2.11. The quantitative estimate of drug-likeness (QED) is 0.631. The maximum absolute atomic E-state index is 12.0. The van der Waals surface area contributed by atoms with Crippen LogP contribution in [-0.4, -0.2) is 27.8 Å². The standard InChI is InChI=1S/C16H13NO4/c18-6-2-4-11-3-1-5-13(7-11)17-16(21)12-8-14(19)10-15(20)9-12/h1,3,5,7-10,18-20H,6H2,(H,17,21). The summed E-state index contributed by atoms with van der Waals surface area (Å²) in [5.41, 5.74) is 1.31. The van der Waals surface area contributed by atoms with E-state index in [1.165, 1.54) is 12.1 Å². The van der Waals surface area contributed by atoms with E-state index in [4.69, 9.17) is 5.11 Å². The molecule has 0 saturated heterocycles. The molecule has 5 nitrogen and oxygen atoms in total. The van der Waals surface area contributed by atoms with Crippen molar-refractivity contribution in [1.82, 2.24) is 0 Å². The summed E-state index contributed by atoms with van der Waals surface area (Å²) in [5.74, 6) is 4.40. The normalized spacial score (nSPS) is 9.57. The van der Waals surface area contributed by atoms with Crippen LogP contribution in [0.25, 0.3) is 0 Å². The van der Waals surface area contributed by atoms with Crippen molar-refractivity contribution in [2.45, 2.75) is 0 Å². The summed E-state index contributed by atoms with van der Waals surface area (Å²) in [7, 11) is 0. The van der Waals surface area contributed by atoms with Crippen molar-refractivity contribution in [3.8, 4) is 23.3 Å². The molecule has 0 heterocycles. The average Bonchev–Trinajstić information content (AvgIpc) is 2.44. The molecular weight excluding hydrogens is 270 g/mol. The Morgan fingerprint density at radius 3 is 2.48 bits per heavy atom. The summed E-state index contributed by atoms with van der Waals surface area (Å²) in [5, 5.41) is 30.0. The number of carbonyl (C=O) groups excluding carboxylic acids is 1. The van der Waals surface area contributed by atoms with Gasteiger partial charge in [0.25, 0.3) is 5.91 Å². The topological polar surface area (TPSA) is 89.8 Å². The van der Waals surface area contributed by atoms with Crippen LogP contribution in [-0.2, 0) is 0 Å². The fourth-order valence-corrected chi connectivity index (χ4v) is 1.75. The van der Waals surface area contributed by atoms with Gasteiger partial charge in [0.2, 0.25) is 0 Å². The fraction of sp³-hybridized carbons (Fsp3) is 0.0625. The Labute approximate surface area is 121 Å². The molecular formula is C16H13NO4. The highest BCUT2D eigenvalue weighted by Crippen LogP contribution is 2.21. The molecule has 0 bridgehead atoms. The Balaban J connectivity index is 2.19. The zero-order valence-electron chi connectivity index (χ0n) is 11.0. The number of phenols is 2. The zero-order chi connectivity index (χ0) is 15.2. The van der Waals surface area contributed by atoms with Gasteiger partial charge in [-0.25, -0.2) is 0 Å². The van der Waals surface area contributed by atoms with Crippen molar-refractivity contribution < 1.29 is 20.1 Å². The van der Waals surface area contributed by atoms with Crippen LogP contribution in [0.5, 0.6) is 11.5 Å². The zero-order valence-corrected chi connectivity index (χ0v) is 11.0. The van der Waals surface area contributed by atoms with Gasteiger partial charge in [0, 0.05) is 22.9 Å². The van der Waals surface area contributed by atoms with Crippen molar-refractivity contribution >= 4 is 11.6 Å². The fourth-order valence-electron chi connectivity index (χ4n) is 1.75. The van der Waals surface area contributed by atoms with Gasteiger partial charge in [-0.2, -0.15) is 0 Å². The highest BCUT2D eigenvalue weighted by Gasteiger charge is 2.09. The molecule has 0 saturated carbocycles. The van der Waals surface area contributed by atoms with Crippen LogP contribution in [0.15, 0.2) is 42.5 Å². The first-order valence-corrected chi connectivity index (χ1v) is 6.12. The van der Waals surface area contributed by atoms with E-state index < -0.39 is 5.91 Å². The van der Waals surface area contributed by atoms with Crippen molar-refractivity contribution in [3.05, 3.63) is 53.6 Å². The van der Waals surface area contributed by atoms with Gasteiger partial charge >= 0.3 is 0 Å². The molecule has 2 aromatic rings. The van der Waals surface area contributed by atoms with Gasteiger partial charge in [-0.15, -0.1) is 0 Å². The average molecular weight is 283 g/mol. The molecule has 106 valence electrons. The number of aromatic hydroxyl groups is 2. The predicted octanol–water partition coefficient (Wildman–Crippen LogP) is 1.69. The summed E-state index contributed by atoms with van der Waals surface area (Å²) in [6.45, 7) is -0.237. The van der Waals surface area contributed by atoms with Gasteiger partial charge in [-0.1, -0.05) is 17.9 Å². The number of anilines is 1. The van der Waals surface area contributed by atoms with E-state index in [1.54, 1.807) is 24.3 Å². The molecule has 4 N–H and O–H groups in total. The van der Waals surface area contributed by atoms with E-state index in [2.05, 4.69) is 17.2 Å². The van der Waals surface area contributed by atoms with Crippen molar-refractivity contribution in [3.63, 3.8) is 0 Å². The Kier molecular flexibility index (Phi) is 4.44. The molecule has 5 heteroatoms. The number of aliphatic hydroxyl groups excluding tert-OH is 1. The van der Waals surface area contributed by atoms with Gasteiger partial charge in [0.1, 0.15) is 18.1 Å². The molecule has 0 unspecified atom stereocenters. The minimum atomic E-state index is -0.464. The first-order chi connectivity index (χ1) is 10.1. The van der Waals surface area contributed by atoms with Gasteiger partial charge in [-0.3, -0.25) is 4.79 Å². The second-order valence-corrected chi connectivity index (χ2v) is 4.23. The molecule has 0 aliphatic heterocycles. The second-order valence-electron chi connectivity index (χ2n) is 4.23. The number of hydrogen-bond acceptors (Lipinski definition) is 4. The van der Waals surface area contributed by atoms with Gasteiger partial charge in [0.05, 0.1) is 0 Å². The molecule has 0 radical (unpaired) electrons. The Morgan fingerprint density at radius 2 is 1.81 bits per heavy atom. The van der Waals surface area contributed by atoms with Crippen LogP contribution in [0.4, 0.5) is 5.69 Å². The minimum Gasteiger partial charge on any atom is -0.508 e. The van der Waals surface area contributed by atoms with E-state index in [1.807, 2.05) is 0 Å². The van der Waals surface area contributed by atoms with Gasteiger partial charge < -0.3 is 20.6 Å². The van der Waals surface area contributed by atoms with Crippen LogP contribution < -0.4 is 5.32 Å². The number of rotatable bonds is 2. The number of aliphatic hydroxyl groups is 1. The number of nitrogens with one attached hydrogen (secondary N) is 1. The van der Waals surface area contributed by atoms with Crippen LogP contribution >= 0.6 is 0 Å². The second kappa shape index (κ2) is 6.46. The lowest BCUT2D eigenvalue weighted by atomic mass is 10.1. The maximum Gasteiger partial charge on any atom is 0.255 e. The van der Waals surface area contributed by atoms with Crippen LogP contribution in [0.1, 0.15) is 15.9 Å². The molecule has 0 aromatic heterocycles. The highest BCUT2D eigenvalue weighted by atomic mass is 16.3. The molecule has 0 atom stereocenters. The first-order valence-electron chi connectivity index (χ1n) is 6.12. The summed E-state index contributed by atoms with van der Waals surface area (Å²) < 4.78 is 0. The Bertz CT molecular complexity index is 708. The summed E-state index contributed by atoms with van der Waals surface area (Å²) in [4.78, 5) is 12.0. The summed E-state index contributed by atoms with van der Waals surface area (Å²) in [6.07, 6.45) is 0. The lowest BCUT2D eigenvalue weighted by Gasteiger charge is -2.06. The van der Waals surface area contributed by atoms with Gasteiger partial charge in [0.15, 0.2) is 0 Å². The first kappa shape index (κ1) is 14.4. The molecule has 0 spiro atoms. The van der Waals surface area contributed by atoms with Gasteiger partial charge in [-0.05, 0) is 30.3 Å². The molecule has 2 rings (SSSR count). The Morgan fingerprint density at radius 1 is 1.10 bits per heavy atom.